The van der Waals surface area contributed by atoms with E-state index in [-0.39, 0.29) is 12.4 Å². The molecule has 0 aromatic rings. The molecule has 1 N–H and O–H groups in total. The van der Waals surface area contributed by atoms with Gasteiger partial charge in [0.05, 0.1) is 0 Å². The van der Waals surface area contributed by atoms with Gasteiger partial charge in [-0.2, -0.15) is 0 Å². The Balaban J connectivity index is 0.000000640. The second-order valence-electron chi connectivity index (χ2n) is 2.22. The fraction of sp³-hybridized carbons (Fsp3) is 1.00. The summed E-state index contributed by atoms with van der Waals surface area (Å²) in [6.45, 7) is 2.10. The van der Waals surface area contributed by atoms with Gasteiger partial charge in [-0.05, 0) is 19.4 Å². The van der Waals surface area contributed by atoms with E-state index in [0.29, 0.717) is 0 Å². The molecule has 0 radical (unpaired) electrons. The maximum atomic E-state index is 4.91. The van der Waals surface area contributed by atoms with Gasteiger partial charge in [0, 0.05) is 19.8 Å². The minimum absolute atomic E-state index is 0. The van der Waals surface area contributed by atoms with Crippen molar-refractivity contribution in [3.05, 3.63) is 0 Å². The minimum Gasteiger partial charge on any atom is -0.385 e. The summed E-state index contributed by atoms with van der Waals surface area (Å²) in [7, 11) is 1.75. The van der Waals surface area contributed by atoms with Crippen molar-refractivity contribution in [2.75, 3.05) is 20.3 Å². The smallest absolute Gasteiger partial charge is 0.0477 e. The summed E-state index contributed by atoms with van der Waals surface area (Å²) in [5, 5.41) is 3.30. The Morgan fingerprint density at radius 2 is 2.33 bits per heavy atom. The van der Waals surface area contributed by atoms with Crippen molar-refractivity contribution >= 4 is 12.4 Å². The van der Waals surface area contributed by atoms with E-state index >= 15 is 0 Å². The fourth-order valence-electron chi connectivity index (χ4n) is 0.855. The van der Waals surface area contributed by atoms with Crippen LogP contribution in [0.2, 0.25) is 0 Å². The molecule has 1 aliphatic rings. The molecule has 9 heavy (non-hydrogen) atoms. The molecule has 56 valence electrons. The summed E-state index contributed by atoms with van der Waals surface area (Å²) in [5.74, 6) is 0. The normalized spacial score (nSPS) is 24.3. The van der Waals surface area contributed by atoms with Crippen LogP contribution in [0.1, 0.15) is 12.8 Å². The summed E-state index contributed by atoms with van der Waals surface area (Å²) in [5.41, 5.74) is 0. The zero-order valence-electron chi connectivity index (χ0n) is 5.72. The van der Waals surface area contributed by atoms with Crippen LogP contribution in [0.25, 0.3) is 0 Å². The number of halogens is 1. The van der Waals surface area contributed by atoms with Gasteiger partial charge in [0.1, 0.15) is 0 Å². The molecule has 1 aliphatic heterocycles. The summed E-state index contributed by atoms with van der Waals surface area (Å²) in [4.78, 5) is 0. The van der Waals surface area contributed by atoms with Crippen molar-refractivity contribution in [1.82, 2.24) is 5.32 Å². The lowest BCUT2D eigenvalue weighted by Gasteiger charge is -2.26. The first-order valence-electron chi connectivity index (χ1n) is 3.16. The van der Waals surface area contributed by atoms with Crippen LogP contribution < -0.4 is 5.32 Å². The van der Waals surface area contributed by atoms with Crippen molar-refractivity contribution in [2.24, 2.45) is 0 Å². The van der Waals surface area contributed by atoms with E-state index in [0.717, 1.165) is 12.6 Å². The first-order chi connectivity index (χ1) is 3.93. The summed E-state index contributed by atoms with van der Waals surface area (Å²) < 4.78 is 4.91. The van der Waals surface area contributed by atoms with E-state index in [9.17, 15) is 0 Å². The molecule has 1 heterocycles. The second kappa shape index (κ2) is 5.03. The summed E-state index contributed by atoms with van der Waals surface area (Å²) >= 11 is 0. The van der Waals surface area contributed by atoms with Crippen molar-refractivity contribution in [3.63, 3.8) is 0 Å². The van der Waals surface area contributed by atoms with Gasteiger partial charge in [-0.1, -0.05) is 0 Å². The zero-order chi connectivity index (χ0) is 5.82. The zero-order valence-corrected chi connectivity index (χ0v) is 6.54. The SMILES string of the molecule is COCC[C@H]1CCN1.Cl. The van der Waals surface area contributed by atoms with Crippen LogP contribution in [-0.4, -0.2) is 26.3 Å². The molecule has 0 aromatic carbocycles. The number of nitrogens with one attached hydrogen (secondary N) is 1. The first kappa shape index (κ1) is 9.21. The highest BCUT2D eigenvalue weighted by molar-refractivity contribution is 5.85. The van der Waals surface area contributed by atoms with Crippen molar-refractivity contribution in [2.45, 2.75) is 18.9 Å². The van der Waals surface area contributed by atoms with Crippen LogP contribution in [0.15, 0.2) is 0 Å². The van der Waals surface area contributed by atoms with Gasteiger partial charge in [-0.3, -0.25) is 0 Å². The van der Waals surface area contributed by atoms with Gasteiger partial charge in [0.15, 0.2) is 0 Å². The van der Waals surface area contributed by atoms with Gasteiger partial charge in [-0.15, -0.1) is 12.4 Å². The Labute approximate surface area is 62.4 Å². The molecule has 3 heteroatoms. The van der Waals surface area contributed by atoms with Crippen LogP contribution >= 0.6 is 12.4 Å². The van der Waals surface area contributed by atoms with Crippen molar-refractivity contribution in [1.29, 1.82) is 0 Å². The maximum Gasteiger partial charge on any atom is 0.0477 e. The number of hydrogen-bond donors (Lipinski definition) is 1. The summed E-state index contributed by atoms with van der Waals surface area (Å²) in [6.07, 6.45) is 2.51. The molecule has 1 saturated heterocycles. The highest BCUT2D eigenvalue weighted by Crippen LogP contribution is 2.05. The van der Waals surface area contributed by atoms with E-state index in [4.69, 9.17) is 4.74 Å². The Bertz CT molecular complexity index is 66.1. The molecular formula is C6H14ClNO. The predicted molar refractivity (Wildman–Crippen MR) is 40.1 cm³/mol. The van der Waals surface area contributed by atoms with Crippen LogP contribution in [0, 0.1) is 0 Å². The monoisotopic (exact) mass is 151 g/mol. The maximum absolute atomic E-state index is 4.91. The standard InChI is InChI=1S/C6H13NO.ClH/c1-8-5-3-6-2-4-7-6;/h6-7H,2-5H2,1H3;1H/t6-;/m1./s1. The van der Waals surface area contributed by atoms with Crippen LogP contribution in [0.5, 0.6) is 0 Å². The molecule has 2 nitrogen and oxygen atoms in total. The van der Waals surface area contributed by atoms with Crippen LogP contribution in [0.4, 0.5) is 0 Å². The third kappa shape index (κ3) is 3.04. The van der Waals surface area contributed by atoms with E-state index in [1.807, 2.05) is 0 Å². The number of rotatable bonds is 3. The van der Waals surface area contributed by atoms with Gasteiger partial charge in [0.2, 0.25) is 0 Å². The van der Waals surface area contributed by atoms with E-state index in [2.05, 4.69) is 5.32 Å². The van der Waals surface area contributed by atoms with Gasteiger partial charge < -0.3 is 10.1 Å². The van der Waals surface area contributed by atoms with E-state index < -0.39 is 0 Å². The lowest BCUT2D eigenvalue weighted by molar-refractivity contribution is 0.169. The highest BCUT2D eigenvalue weighted by atomic mass is 35.5. The van der Waals surface area contributed by atoms with Crippen LogP contribution in [-0.2, 0) is 4.74 Å². The quantitative estimate of drug-likeness (QED) is 0.645. The fourth-order valence-corrected chi connectivity index (χ4v) is 0.855. The summed E-state index contributed by atoms with van der Waals surface area (Å²) in [6, 6.07) is 0.759. The topological polar surface area (TPSA) is 21.3 Å². The Morgan fingerprint density at radius 3 is 2.67 bits per heavy atom. The lowest BCUT2D eigenvalue weighted by atomic mass is 10.1. The van der Waals surface area contributed by atoms with Gasteiger partial charge in [-0.25, -0.2) is 0 Å². The third-order valence-electron chi connectivity index (χ3n) is 1.60. The van der Waals surface area contributed by atoms with Crippen LogP contribution in [0.3, 0.4) is 0 Å². The highest BCUT2D eigenvalue weighted by Gasteiger charge is 2.14. The predicted octanol–water partition coefficient (Wildman–Crippen LogP) is 0.807. The molecule has 1 atom stereocenters. The molecule has 1 rings (SSSR count). The lowest BCUT2D eigenvalue weighted by Crippen LogP contribution is -2.43. The molecule has 0 aliphatic carbocycles. The van der Waals surface area contributed by atoms with Crippen molar-refractivity contribution in [3.8, 4) is 0 Å². The average molecular weight is 152 g/mol. The largest absolute Gasteiger partial charge is 0.385 e. The van der Waals surface area contributed by atoms with E-state index in [1.54, 1.807) is 7.11 Å². The second-order valence-corrected chi connectivity index (χ2v) is 2.22. The van der Waals surface area contributed by atoms with E-state index in [1.165, 1.54) is 19.4 Å². The molecule has 0 unspecified atom stereocenters. The average Bonchev–Trinajstić information content (AvgIpc) is 1.63. The minimum atomic E-state index is 0. The molecular weight excluding hydrogens is 138 g/mol. The number of hydrogen-bond acceptors (Lipinski definition) is 2. The van der Waals surface area contributed by atoms with Crippen molar-refractivity contribution < 1.29 is 4.74 Å². The molecule has 0 saturated carbocycles. The van der Waals surface area contributed by atoms with Gasteiger partial charge >= 0.3 is 0 Å². The molecule has 0 bridgehead atoms. The molecule has 1 fully saturated rings. The Kier molecular flexibility index (Phi) is 5.15. The Hall–Kier alpha value is 0.210. The molecule has 0 spiro atoms. The number of methoxy groups -OCH3 is 1. The first-order valence-corrected chi connectivity index (χ1v) is 3.16. The van der Waals surface area contributed by atoms with Gasteiger partial charge in [0.25, 0.3) is 0 Å². The number of ether oxygens (including phenoxy) is 1. The molecule has 0 amide bonds. The Morgan fingerprint density at radius 1 is 1.67 bits per heavy atom. The third-order valence-corrected chi connectivity index (χ3v) is 1.60. The molecule has 0 aromatic heterocycles.